The number of methoxy groups -OCH3 is 1. The summed E-state index contributed by atoms with van der Waals surface area (Å²) in [5, 5.41) is 8.70. The molecule has 0 saturated heterocycles. The van der Waals surface area contributed by atoms with Crippen LogP contribution in [0.15, 0.2) is 41.4 Å². The molecule has 26 heavy (non-hydrogen) atoms. The molecule has 0 bridgehead atoms. The molecule has 0 radical (unpaired) electrons. The molecule has 0 saturated carbocycles. The molecule has 2 N–H and O–H groups in total. The number of pyridine rings is 1. The summed E-state index contributed by atoms with van der Waals surface area (Å²) in [5.74, 6) is 0.138. The molecule has 1 aromatic carbocycles. The lowest BCUT2D eigenvalue weighted by Crippen LogP contribution is -2.32. The van der Waals surface area contributed by atoms with Crippen molar-refractivity contribution in [2.75, 3.05) is 20.3 Å². The van der Waals surface area contributed by atoms with Crippen molar-refractivity contribution in [3.63, 3.8) is 0 Å². The average molecular weight is 379 g/mol. The van der Waals surface area contributed by atoms with Crippen LogP contribution in [0.3, 0.4) is 0 Å². The van der Waals surface area contributed by atoms with Gasteiger partial charge in [0.25, 0.3) is 5.91 Å². The summed E-state index contributed by atoms with van der Waals surface area (Å²) < 4.78 is 37.6. The highest BCUT2D eigenvalue weighted by atomic mass is 32.2. The smallest absolute Gasteiger partial charge is 0.276 e. The number of carbonyl (C=O) groups excluding carboxylic acids is 1. The number of hydroxylamine groups is 1. The van der Waals surface area contributed by atoms with Gasteiger partial charge in [-0.05, 0) is 30.3 Å². The molecule has 9 nitrogen and oxygen atoms in total. The van der Waals surface area contributed by atoms with Gasteiger partial charge in [0.2, 0.25) is 10.0 Å². The standard InChI is InChI=1S/C16H17N3O6S/c1-24-12-2-4-13(5-3-12)26(22,23)19-6-7-25-15-8-11(16(20)18-21)9-17-14(15)10-19/h2-5,8-9,21H,6-7,10H2,1H3,(H,18,20). The summed E-state index contributed by atoms with van der Waals surface area (Å²) >= 11 is 0. The third-order valence-corrected chi connectivity index (χ3v) is 5.78. The number of ether oxygens (including phenoxy) is 2. The van der Waals surface area contributed by atoms with Crippen LogP contribution in [0, 0.1) is 0 Å². The quantitative estimate of drug-likeness (QED) is 0.596. The second-order valence-electron chi connectivity index (χ2n) is 5.47. The van der Waals surface area contributed by atoms with Crippen LogP contribution in [-0.4, -0.2) is 49.1 Å². The number of nitrogens with zero attached hydrogens (tertiary/aromatic N) is 2. The van der Waals surface area contributed by atoms with Gasteiger partial charge in [-0.2, -0.15) is 4.31 Å². The van der Waals surface area contributed by atoms with E-state index in [0.717, 1.165) is 0 Å². The van der Waals surface area contributed by atoms with Crippen molar-refractivity contribution in [3.8, 4) is 11.5 Å². The highest BCUT2D eigenvalue weighted by molar-refractivity contribution is 7.89. The van der Waals surface area contributed by atoms with Crippen LogP contribution >= 0.6 is 0 Å². The van der Waals surface area contributed by atoms with Crippen LogP contribution in [0.5, 0.6) is 11.5 Å². The molecule has 3 rings (SSSR count). The summed E-state index contributed by atoms with van der Waals surface area (Å²) in [6, 6.07) is 7.52. The van der Waals surface area contributed by atoms with Crippen LogP contribution in [0.1, 0.15) is 16.1 Å². The first-order valence-electron chi connectivity index (χ1n) is 7.66. The Morgan fingerprint density at radius 3 is 2.73 bits per heavy atom. The summed E-state index contributed by atoms with van der Waals surface area (Å²) in [5.41, 5.74) is 2.01. The van der Waals surface area contributed by atoms with Gasteiger partial charge in [-0.25, -0.2) is 13.9 Å². The second kappa shape index (κ2) is 7.28. The van der Waals surface area contributed by atoms with Crippen molar-refractivity contribution in [1.29, 1.82) is 0 Å². The predicted octanol–water partition coefficient (Wildman–Crippen LogP) is 0.792. The number of aromatic nitrogens is 1. The zero-order valence-corrected chi connectivity index (χ0v) is 14.7. The lowest BCUT2D eigenvalue weighted by molar-refractivity contribution is 0.0705. The number of hydrogen-bond acceptors (Lipinski definition) is 7. The largest absolute Gasteiger partial charge is 0.497 e. The van der Waals surface area contributed by atoms with E-state index in [9.17, 15) is 13.2 Å². The minimum Gasteiger partial charge on any atom is -0.497 e. The molecule has 0 fully saturated rings. The Morgan fingerprint density at radius 1 is 1.35 bits per heavy atom. The molecule has 0 aliphatic carbocycles. The molecular weight excluding hydrogens is 362 g/mol. The van der Waals surface area contributed by atoms with Crippen LogP contribution in [0.2, 0.25) is 0 Å². The highest BCUT2D eigenvalue weighted by Gasteiger charge is 2.28. The van der Waals surface area contributed by atoms with E-state index in [1.807, 2.05) is 0 Å². The molecule has 1 aliphatic heterocycles. The number of rotatable bonds is 4. The first kappa shape index (κ1) is 18.1. The molecule has 1 aliphatic rings. The molecule has 2 heterocycles. The van der Waals surface area contributed by atoms with E-state index < -0.39 is 15.9 Å². The van der Waals surface area contributed by atoms with Crippen molar-refractivity contribution in [2.24, 2.45) is 0 Å². The van der Waals surface area contributed by atoms with Crippen LogP contribution in [-0.2, 0) is 16.6 Å². The molecule has 0 unspecified atom stereocenters. The minimum atomic E-state index is -3.75. The Morgan fingerprint density at radius 2 is 2.08 bits per heavy atom. The highest BCUT2D eigenvalue weighted by Crippen LogP contribution is 2.27. The molecule has 1 amide bonds. The van der Waals surface area contributed by atoms with Crippen LogP contribution in [0.4, 0.5) is 0 Å². The number of nitrogens with one attached hydrogen (secondary N) is 1. The second-order valence-corrected chi connectivity index (χ2v) is 7.41. The van der Waals surface area contributed by atoms with E-state index in [1.165, 1.54) is 41.3 Å². The third kappa shape index (κ3) is 3.47. The molecule has 1 aromatic heterocycles. The Hall–Kier alpha value is -2.69. The maximum Gasteiger partial charge on any atom is 0.276 e. The fraction of sp³-hybridized carbons (Fsp3) is 0.250. The van der Waals surface area contributed by atoms with Gasteiger partial charge in [-0.3, -0.25) is 15.0 Å². The molecular formula is C16H17N3O6S. The third-order valence-electron chi connectivity index (χ3n) is 3.92. The van der Waals surface area contributed by atoms with Crippen molar-refractivity contribution >= 4 is 15.9 Å². The number of fused-ring (bicyclic) bond motifs is 1. The van der Waals surface area contributed by atoms with Gasteiger partial charge in [0, 0.05) is 12.7 Å². The van der Waals surface area contributed by atoms with Gasteiger partial charge < -0.3 is 9.47 Å². The van der Waals surface area contributed by atoms with E-state index in [0.29, 0.717) is 17.2 Å². The Bertz CT molecular complexity index is 914. The monoisotopic (exact) mass is 379 g/mol. The Labute approximate surface area is 150 Å². The predicted molar refractivity (Wildman–Crippen MR) is 89.6 cm³/mol. The van der Waals surface area contributed by atoms with Gasteiger partial charge in [0.15, 0.2) is 0 Å². The fourth-order valence-corrected chi connectivity index (χ4v) is 3.90. The lowest BCUT2D eigenvalue weighted by atomic mass is 10.2. The molecule has 0 atom stereocenters. The van der Waals surface area contributed by atoms with E-state index in [2.05, 4.69) is 4.98 Å². The molecule has 138 valence electrons. The summed E-state index contributed by atoms with van der Waals surface area (Å²) in [4.78, 5) is 15.7. The van der Waals surface area contributed by atoms with Crippen molar-refractivity contribution in [2.45, 2.75) is 11.4 Å². The van der Waals surface area contributed by atoms with Crippen molar-refractivity contribution < 1.29 is 27.9 Å². The first-order chi connectivity index (χ1) is 12.5. The summed E-state index contributed by atoms with van der Waals surface area (Å²) in [7, 11) is -2.24. The minimum absolute atomic E-state index is 0.00468. The van der Waals surface area contributed by atoms with E-state index in [4.69, 9.17) is 14.7 Å². The summed E-state index contributed by atoms with van der Waals surface area (Å²) in [6.45, 7) is 0.241. The fourth-order valence-electron chi connectivity index (χ4n) is 2.51. The molecule has 2 aromatic rings. The van der Waals surface area contributed by atoms with Gasteiger partial charge >= 0.3 is 0 Å². The number of hydrogen-bond donors (Lipinski definition) is 2. The van der Waals surface area contributed by atoms with Crippen LogP contribution in [0.25, 0.3) is 0 Å². The number of sulfonamides is 1. The molecule has 10 heteroatoms. The molecule has 0 spiro atoms. The van der Waals surface area contributed by atoms with Gasteiger partial charge in [-0.1, -0.05) is 0 Å². The number of carbonyl (C=O) groups is 1. The Kier molecular flexibility index (Phi) is 5.07. The zero-order chi connectivity index (χ0) is 18.7. The van der Waals surface area contributed by atoms with E-state index in [1.54, 1.807) is 12.1 Å². The number of benzene rings is 1. The van der Waals surface area contributed by atoms with Crippen molar-refractivity contribution in [3.05, 3.63) is 47.8 Å². The van der Waals surface area contributed by atoms with E-state index >= 15 is 0 Å². The average Bonchev–Trinajstić information content (AvgIpc) is 2.89. The number of amides is 1. The van der Waals surface area contributed by atoms with E-state index in [-0.39, 0.29) is 30.2 Å². The van der Waals surface area contributed by atoms with Crippen LogP contribution < -0.4 is 15.0 Å². The van der Waals surface area contributed by atoms with Gasteiger partial charge in [0.05, 0.1) is 29.8 Å². The maximum atomic E-state index is 12.9. The Balaban J connectivity index is 1.89. The first-order valence-corrected chi connectivity index (χ1v) is 9.10. The van der Waals surface area contributed by atoms with Gasteiger partial charge in [-0.15, -0.1) is 0 Å². The lowest BCUT2D eigenvalue weighted by Gasteiger charge is -2.19. The SMILES string of the molecule is COc1ccc(S(=O)(=O)N2CCOc3cc(C(=O)NO)cnc3C2)cc1. The zero-order valence-electron chi connectivity index (χ0n) is 13.9. The van der Waals surface area contributed by atoms with Crippen molar-refractivity contribution in [1.82, 2.24) is 14.8 Å². The summed E-state index contributed by atoms with van der Waals surface area (Å²) in [6.07, 6.45) is 1.25. The van der Waals surface area contributed by atoms with Gasteiger partial charge in [0.1, 0.15) is 18.1 Å². The topological polar surface area (TPSA) is 118 Å². The maximum absolute atomic E-state index is 12.9. The normalized spacial score (nSPS) is 14.7.